The number of hydrogen-bond donors (Lipinski definition) is 1. The van der Waals surface area contributed by atoms with Crippen LogP contribution in [-0.2, 0) is 14.3 Å². The first-order valence-electron chi connectivity index (χ1n) is 9.11. The smallest absolute Gasteiger partial charge is 0.344 e. The summed E-state index contributed by atoms with van der Waals surface area (Å²) in [5.41, 5.74) is 1.34. The van der Waals surface area contributed by atoms with Crippen molar-refractivity contribution < 1.29 is 33.3 Å². The summed E-state index contributed by atoms with van der Waals surface area (Å²) in [5.74, 6) is 0.665. The van der Waals surface area contributed by atoms with Gasteiger partial charge < -0.3 is 29.0 Å². The molecule has 0 aliphatic carbocycles. The SMILES string of the molecule is C/C=C/c1ccc(OCC(=O)OCC(=O)Nc2cc(OC)ccc2OC)c(OC)c1. The van der Waals surface area contributed by atoms with Crippen LogP contribution in [0.15, 0.2) is 42.5 Å². The van der Waals surface area contributed by atoms with Gasteiger partial charge in [0.2, 0.25) is 0 Å². The average molecular weight is 415 g/mol. The molecule has 0 saturated carbocycles. The highest BCUT2D eigenvalue weighted by Gasteiger charge is 2.13. The van der Waals surface area contributed by atoms with Crippen molar-refractivity contribution >= 4 is 23.6 Å². The predicted molar refractivity (Wildman–Crippen MR) is 112 cm³/mol. The molecule has 0 fully saturated rings. The number of rotatable bonds is 10. The maximum Gasteiger partial charge on any atom is 0.344 e. The summed E-state index contributed by atoms with van der Waals surface area (Å²) >= 11 is 0. The minimum absolute atomic E-state index is 0.366. The summed E-state index contributed by atoms with van der Waals surface area (Å²) in [6, 6.07) is 10.3. The molecule has 1 amide bonds. The van der Waals surface area contributed by atoms with Crippen molar-refractivity contribution in [2.75, 3.05) is 39.9 Å². The van der Waals surface area contributed by atoms with Crippen LogP contribution in [-0.4, -0.2) is 46.4 Å². The highest BCUT2D eigenvalue weighted by Crippen LogP contribution is 2.29. The van der Waals surface area contributed by atoms with Gasteiger partial charge in [0, 0.05) is 6.07 Å². The minimum atomic E-state index is -0.692. The van der Waals surface area contributed by atoms with E-state index in [4.69, 9.17) is 23.7 Å². The van der Waals surface area contributed by atoms with E-state index in [9.17, 15) is 9.59 Å². The molecular weight excluding hydrogens is 390 g/mol. The molecule has 1 N–H and O–H groups in total. The third-order valence-electron chi connectivity index (χ3n) is 3.94. The molecule has 2 aromatic rings. The van der Waals surface area contributed by atoms with E-state index in [-0.39, 0.29) is 6.61 Å². The van der Waals surface area contributed by atoms with E-state index in [1.54, 1.807) is 30.3 Å². The number of ether oxygens (including phenoxy) is 5. The Morgan fingerprint density at radius 3 is 2.30 bits per heavy atom. The lowest BCUT2D eigenvalue weighted by Crippen LogP contribution is -2.24. The summed E-state index contributed by atoms with van der Waals surface area (Å²) < 4.78 is 26.0. The number of allylic oxidation sites excluding steroid dienone is 1. The molecule has 0 aromatic heterocycles. The van der Waals surface area contributed by atoms with Gasteiger partial charge in [0.15, 0.2) is 24.7 Å². The third kappa shape index (κ3) is 6.44. The van der Waals surface area contributed by atoms with Crippen molar-refractivity contribution in [2.45, 2.75) is 6.92 Å². The number of benzene rings is 2. The van der Waals surface area contributed by atoms with Crippen molar-refractivity contribution in [3.8, 4) is 23.0 Å². The zero-order valence-electron chi connectivity index (χ0n) is 17.4. The number of carbonyl (C=O) groups excluding carboxylic acids is 2. The van der Waals surface area contributed by atoms with Crippen molar-refractivity contribution in [1.82, 2.24) is 0 Å². The number of nitrogens with one attached hydrogen (secondary N) is 1. The third-order valence-corrected chi connectivity index (χ3v) is 3.94. The van der Waals surface area contributed by atoms with Gasteiger partial charge in [-0.1, -0.05) is 18.2 Å². The molecule has 0 aliphatic heterocycles. The topological polar surface area (TPSA) is 92.3 Å². The van der Waals surface area contributed by atoms with Gasteiger partial charge in [0.05, 0.1) is 27.0 Å². The molecule has 8 heteroatoms. The number of hydrogen-bond acceptors (Lipinski definition) is 7. The zero-order valence-corrected chi connectivity index (χ0v) is 17.4. The van der Waals surface area contributed by atoms with Crippen molar-refractivity contribution in [3.05, 3.63) is 48.0 Å². The van der Waals surface area contributed by atoms with Crippen LogP contribution >= 0.6 is 0 Å². The van der Waals surface area contributed by atoms with E-state index in [1.807, 2.05) is 25.1 Å². The summed E-state index contributed by atoms with van der Waals surface area (Å²) in [7, 11) is 4.50. The fourth-order valence-electron chi connectivity index (χ4n) is 2.52. The van der Waals surface area contributed by atoms with E-state index < -0.39 is 18.5 Å². The number of carbonyl (C=O) groups is 2. The van der Waals surface area contributed by atoms with Crippen LogP contribution in [0.25, 0.3) is 6.08 Å². The molecular formula is C22H25NO7. The molecule has 0 bridgehead atoms. The molecule has 0 saturated heterocycles. The lowest BCUT2D eigenvalue weighted by Gasteiger charge is -2.13. The van der Waals surface area contributed by atoms with Crippen LogP contribution < -0.4 is 24.3 Å². The van der Waals surface area contributed by atoms with Crippen LogP contribution in [0.1, 0.15) is 12.5 Å². The second-order valence-electron chi connectivity index (χ2n) is 5.97. The van der Waals surface area contributed by atoms with E-state index in [1.165, 1.54) is 21.3 Å². The Morgan fingerprint density at radius 1 is 0.900 bits per heavy atom. The summed E-state index contributed by atoms with van der Waals surface area (Å²) in [6.45, 7) is 1.07. The van der Waals surface area contributed by atoms with Crippen LogP contribution in [0.2, 0.25) is 0 Å². The number of amides is 1. The summed E-state index contributed by atoms with van der Waals surface area (Å²) in [6.07, 6.45) is 3.81. The molecule has 30 heavy (non-hydrogen) atoms. The first-order valence-corrected chi connectivity index (χ1v) is 9.11. The summed E-state index contributed by atoms with van der Waals surface area (Å²) in [4.78, 5) is 24.0. The van der Waals surface area contributed by atoms with Crippen LogP contribution in [0.3, 0.4) is 0 Å². The quantitative estimate of drug-likeness (QED) is 0.595. The van der Waals surface area contributed by atoms with Crippen molar-refractivity contribution in [2.24, 2.45) is 0 Å². The fourth-order valence-corrected chi connectivity index (χ4v) is 2.52. The van der Waals surface area contributed by atoms with Gasteiger partial charge in [-0.2, -0.15) is 0 Å². The monoisotopic (exact) mass is 415 g/mol. The maximum absolute atomic E-state index is 12.1. The van der Waals surface area contributed by atoms with E-state index in [2.05, 4.69) is 5.32 Å². The van der Waals surface area contributed by atoms with E-state index >= 15 is 0 Å². The number of anilines is 1. The second-order valence-corrected chi connectivity index (χ2v) is 5.97. The Kier molecular flexibility index (Phi) is 8.56. The summed E-state index contributed by atoms with van der Waals surface area (Å²) in [5, 5.41) is 2.61. The molecule has 0 unspecified atom stereocenters. The second kappa shape index (κ2) is 11.4. The van der Waals surface area contributed by atoms with Gasteiger partial charge in [-0.15, -0.1) is 0 Å². The predicted octanol–water partition coefficient (Wildman–Crippen LogP) is 3.31. The first kappa shape index (κ1) is 22.6. The highest BCUT2D eigenvalue weighted by molar-refractivity contribution is 5.94. The lowest BCUT2D eigenvalue weighted by atomic mass is 10.2. The Labute approximate surface area is 175 Å². The molecule has 0 aliphatic rings. The molecule has 0 heterocycles. The van der Waals surface area contributed by atoms with Gasteiger partial charge in [-0.3, -0.25) is 4.79 Å². The molecule has 8 nitrogen and oxygen atoms in total. The lowest BCUT2D eigenvalue weighted by molar-refractivity contribution is -0.149. The average Bonchev–Trinajstić information content (AvgIpc) is 2.76. The molecule has 0 radical (unpaired) electrons. The van der Waals surface area contributed by atoms with Gasteiger partial charge in [0.1, 0.15) is 11.5 Å². The first-order chi connectivity index (χ1) is 14.5. The highest BCUT2D eigenvalue weighted by atomic mass is 16.6. The standard InChI is InChI=1S/C22H25NO7/c1-5-6-15-7-9-19(20(11-15)28-4)29-14-22(25)30-13-21(24)23-17-12-16(26-2)8-10-18(17)27-3/h5-12H,13-14H2,1-4H3,(H,23,24)/b6-5+. The van der Waals surface area contributed by atoms with Gasteiger partial charge in [0.25, 0.3) is 5.91 Å². The fraction of sp³-hybridized carbons (Fsp3) is 0.273. The Balaban J connectivity index is 1.87. The van der Waals surface area contributed by atoms with Crippen molar-refractivity contribution in [1.29, 1.82) is 0 Å². The molecule has 2 aromatic carbocycles. The minimum Gasteiger partial charge on any atom is -0.497 e. The zero-order chi connectivity index (χ0) is 21.9. The normalized spacial score (nSPS) is 10.4. The maximum atomic E-state index is 12.1. The van der Waals surface area contributed by atoms with Crippen LogP contribution in [0, 0.1) is 0 Å². The molecule has 2 rings (SSSR count). The number of methoxy groups -OCH3 is 3. The Bertz CT molecular complexity index is 908. The molecule has 0 spiro atoms. The largest absolute Gasteiger partial charge is 0.497 e. The molecule has 160 valence electrons. The van der Waals surface area contributed by atoms with E-state index in [0.717, 1.165) is 5.56 Å². The Morgan fingerprint density at radius 2 is 1.63 bits per heavy atom. The molecule has 0 atom stereocenters. The van der Waals surface area contributed by atoms with Gasteiger partial charge >= 0.3 is 5.97 Å². The van der Waals surface area contributed by atoms with Gasteiger partial charge in [-0.25, -0.2) is 4.79 Å². The van der Waals surface area contributed by atoms with Crippen LogP contribution in [0.4, 0.5) is 5.69 Å². The van der Waals surface area contributed by atoms with Crippen molar-refractivity contribution in [3.63, 3.8) is 0 Å². The van der Waals surface area contributed by atoms with Crippen LogP contribution in [0.5, 0.6) is 23.0 Å². The van der Waals surface area contributed by atoms with Gasteiger partial charge in [-0.05, 0) is 36.8 Å². The van der Waals surface area contributed by atoms with E-state index in [0.29, 0.717) is 28.7 Å². The Hall–Kier alpha value is -3.68. The number of esters is 1.